The summed E-state index contributed by atoms with van der Waals surface area (Å²) in [5.41, 5.74) is -0.210. The number of carbonyl (C=O) groups is 2. The zero-order valence-electron chi connectivity index (χ0n) is 9.78. The Bertz CT molecular complexity index is 483. The minimum Gasteiger partial charge on any atom is -0.481 e. The first kappa shape index (κ1) is 12.9. The van der Waals surface area contributed by atoms with Crippen LogP contribution in [0.3, 0.4) is 0 Å². The van der Waals surface area contributed by atoms with Gasteiger partial charge in [0.2, 0.25) is 0 Å². The summed E-state index contributed by atoms with van der Waals surface area (Å²) < 4.78 is 0. The molecule has 18 heavy (non-hydrogen) atoms. The predicted molar refractivity (Wildman–Crippen MR) is 67.8 cm³/mol. The third kappa shape index (κ3) is 2.64. The fourth-order valence-corrected chi connectivity index (χ4v) is 2.41. The Labute approximate surface area is 110 Å². The summed E-state index contributed by atoms with van der Waals surface area (Å²) in [4.78, 5) is 22.9. The van der Waals surface area contributed by atoms with Crippen LogP contribution in [-0.2, 0) is 4.79 Å². The molecule has 96 valence electrons. The zero-order valence-corrected chi connectivity index (χ0v) is 10.5. The van der Waals surface area contributed by atoms with Gasteiger partial charge in [-0.1, -0.05) is 23.7 Å². The van der Waals surface area contributed by atoms with Crippen molar-refractivity contribution >= 4 is 23.5 Å². The molecule has 0 aromatic heterocycles. The molecule has 5 heteroatoms. The molecule has 0 atom stereocenters. The van der Waals surface area contributed by atoms with E-state index in [2.05, 4.69) is 5.32 Å². The molecule has 2 N–H and O–H groups in total. The van der Waals surface area contributed by atoms with Gasteiger partial charge < -0.3 is 10.4 Å². The summed E-state index contributed by atoms with van der Waals surface area (Å²) in [5, 5.41) is 12.1. The summed E-state index contributed by atoms with van der Waals surface area (Å²) in [6.07, 6.45) is 2.31. The van der Waals surface area contributed by atoms with Gasteiger partial charge in [-0.3, -0.25) is 9.59 Å². The summed E-state index contributed by atoms with van der Waals surface area (Å²) in [5.74, 6) is -1.20. The normalized spacial score (nSPS) is 16.7. The number of carboxylic acids is 1. The van der Waals surface area contributed by atoms with Gasteiger partial charge in [0, 0.05) is 0 Å². The quantitative estimate of drug-likeness (QED) is 0.881. The topological polar surface area (TPSA) is 66.4 Å². The minimum absolute atomic E-state index is 0.0385. The number of nitrogens with one attached hydrogen (secondary N) is 1. The second kappa shape index (κ2) is 4.98. The van der Waals surface area contributed by atoms with Crippen LogP contribution in [0.1, 0.15) is 36.0 Å². The molecule has 1 aliphatic rings. The highest BCUT2D eigenvalue weighted by molar-refractivity contribution is 6.33. The maximum atomic E-state index is 12.1. The summed E-state index contributed by atoms with van der Waals surface area (Å²) in [6, 6.07) is 6.74. The maximum absolute atomic E-state index is 12.1. The van der Waals surface area contributed by atoms with Crippen molar-refractivity contribution in [3.05, 3.63) is 34.9 Å². The molecule has 0 bridgehead atoms. The molecular weight excluding hydrogens is 254 g/mol. The largest absolute Gasteiger partial charge is 0.481 e. The van der Waals surface area contributed by atoms with Crippen molar-refractivity contribution in [3.8, 4) is 0 Å². The molecule has 1 amide bonds. The van der Waals surface area contributed by atoms with Crippen molar-refractivity contribution in [1.82, 2.24) is 5.32 Å². The van der Waals surface area contributed by atoms with Gasteiger partial charge in [-0.15, -0.1) is 0 Å². The monoisotopic (exact) mass is 267 g/mol. The van der Waals surface area contributed by atoms with E-state index in [4.69, 9.17) is 16.7 Å². The average Bonchev–Trinajstić information content (AvgIpc) is 2.25. The Hall–Kier alpha value is -1.55. The highest BCUT2D eigenvalue weighted by atomic mass is 35.5. The maximum Gasteiger partial charge on any atom is 0.305 e. The van der Waals surface area contributed by atoms with Gasteiger partial charge in [-0.2, -0.15) is 0 Å². The summed E-state index contributed by atoms with van der Waals surface area (Å²) >= 11 is 5.94. The Morgan fingerprint density at radius 2 is 2.00 bits per heavy atom. The number of rotatable bonds is 4. The van der Waals surface area contributed by atoms with Crippen LogP contribution >= 0.6 is 11.6 Å². The van der Waals surface area contributed by atoms with E-state index in [9.17, 15) is 9.59 Å². The number of amides is 1. The van der Waals surface area contributed by atoms with Crippen LogP contribution < -0.4 is 5.32 Å². The molecule has 0 aliphatic heterocycles. The van der Waals surface area contributed by atoms with Gasteiger partial charge in [0.05, 0.1) is 22.5 Å². The zero-order chi connectivity index (χ0) is 13.2. The number of hydrogen-bond acceptors (Lipinski definition) is 2. The number of hydrogen-bond donors (Lipinski definition) is 2. The molecule has 0 spiro atoms. The van der Waals surface area contributed by atoms with Gasteiger partial charge in [-0.05, 0) is 31.4 Å². The fourth-order valence-electron chi connectivity index (χ4n) is 2.19. The van der Waals surface area contributed by atoms with Crippen molar-refractivity contribution < 1.29 is 14.7 Å². The number of halogens is 1. The molecule has 1 aliphatic carbocycles. The van der Waals surface area contributed by atoms with E-state index < -0.39 is 11.5 Å². The highest BCUT2D eigenvalue weighted by Crippen LogP contribution is 2.35. The van der Waals surface area contributed by atoms with E-state index in [1.54, 1.807) is 24.3 Å². The standard InChI is InChI=1S/C13H14ClNO3/c14-10-5-2-1-4-9(10)12(18)15-13(6-3-7-13)8-11(16)17/h1-2,4-5H,3,6-8H2,(H,15,18)(H,16,17). The molecule has 0 heterocycles. The molecule has 1 saturated carbocycles. The van der Waals surface area contributed by atoms with Crippen molar-refractivity contribution in [3.63, 3.8) is 0 Å². The van der Waals surface area contributed by atoms with Crippen LogP contribution in [-0.4, -0.2) is 22.5 Å². The van der Waals surface area contributed by atoms with Gasteiger partial charge in [0.25, 0.3) is 5.91 Å². The van der Waals surface area contributed by atoms with E-state index in [-0.39, 0.29) is 12.3 Å². The lowest BCUT2D eigenvalue weighted by Gasteiger charge is -2.41. The van der Waals surface area contributed by atoms with E-state index in [0.29, 0.717) is 23.4 Å². The number of benzene rings is 1. The smallest absolute Gasteiger partial charge is 0.305 e. The van der Waals surface area contributed by atoms with Crippen LogP contribution in [0, 0.1) is 0 Å². The SMILES string of the molecule is O=C(O)CC1(NC(=O)c2ccccc2Cl)CCC1. The van der Waals surface area contributed by atoms with Crippen molar-refractivity contribution in [2.75, 3.05) is 0 Å². The van der Waals surface area contributed by atoms with Crippen LogP contribution in [0.4, 0.5) is 0 Å². The fraction of sp³-hybridized carbons (Fsp3) is 0.385. The summed E-state index contributed by atoms with van der Waals surface area (Å²) in [7, 11) is 0. The molecule has 0 saturated heterocycles. The predicted octanol–water partition coefficient (Wildman–Crippen LogP) is 2.47. The highest BCUT2D eigenvalue weighted by Gasteiger charge is 2.40. The molecule has 1 fully saturated rings. The van der Waals surface area contributed by atoms with Crippen LogP contribution in [0.15, 0.2) is 24.3 Å². The first-order valence-corrected chi connectivity index (χ1v) is 6.19. The lowest BCUT2D eigenvalue weighted by molar-refractivity contribution is -0.139. The van der Waals surface area contributed by atoms with Gasteiger partial charge in [-0.25, -0.2) is 0 Å². The lowest BCUT2D eigenvalue weighted by Crippen LogP contribution is -2.54. The molecule has 1 aromatic rings. The first-order chi connectivity index (χ1) is 8.52. The van der Waals surface area contributed by atoms with Gasteiger partial charge in [0.1, 0.15) is 0 Å². The molecule has 0 unspecified atom stereocenters. The number of aliphatic carboxylic acids is 1. The van der Waals surface area contributed by atoms with E-state index in [1.165, 1.54) is 0 Å². The second-order valence-corrected chi connectivity index (χ2v) is 5.05. The van der Waals surface area contributed by atoms with Crippen molar-refractivity contribution in [1.29, 1.82) is 0 Å². The van der Waals surface area contributed by atoms with Crippen molar-refractivity contribution in [2.24, 2.45) is 0 Å². The van der Waals surface area contributed by atoms with Gasteiger partial charge >= 0.3 is 5.97 Å². The van der Waals surface area contributed by atoms with E-state index in [1.807, 2.05) is 0 Å². The molecule has 2 rings (SSSR count). The molecule has 0 radical (unpaired) electrons. The van der Waals surface area contributed by atoms with Crippen LogP contribution in [0.5, 0.6) is 0 Å². The van der Waals surface area contributed by atoms with Crippen LogP contribution in [0.25, 0.3) is 0 Å². The Morgan fingerprint density at radius 3 is 2.50 bits per heavy atom. The Balaban J connectivity index is 2.11. The van der Waals surface area contributed by atoms with E-state index >= 15 is 0 Å². The average molecular weight is 268 g/mol. The third-order valence-corrected chi connectivity index (χ3v) is 3.63. The molecule has 1 aromatic carbocycles. The van der Waals surface area contributed by atoms with E-state index in [0.717, 1.165) is 6.42 Å². The van der Waals surface area contributed by atoms with Gasteiger partial charge in [0.15, 0.2) is 0 Å². The Morgan fingerprint density at radius 1 is 1.33 bits per heavy atom. The summed E-state index contributed by atoms with van der Waals surface area (Å²) in [6.45, 7) is 0. The minimum atomic E-state index is -0.894. The van der Waals surface area contributed by atoms with Crippen molar-refractivity contribution in [2.45, 2.75) is 31.2 Å². The number of carboxylic acid groups (broad SMARTS) is 1. The molecular formula is C13H14ClNO3. The molecule has 4 nitrogen and oxygen atoms in total. The number of carbonyl (C=O) groups excluding carboxylic acids is 1. The second-order valence-electron chi connectivity index (χ2n) is 4.64. The third-order valence-electron chi connectivity index (χ3n) is 3.30. The lowest BCUT2D eigenvalue weighted by atomic mass is 9.74. The van der Waals surface area contributed by atoms with Crippen LogP contribution in [0.2, 0.25) is 5.02 Å². The first-order valence-electron chi connectivity index (χ1n) is 5.81. The Kier molecular flexibility index (Phi) is 3.57.